The van der Waals surface area contributed by atoms with E-state index in [1.807, 2.05) is 0 Å². The van der Waals surface area contributed by atoms with Crippen LogP contribution in [-0.2, 0) is 0 Å². The van der Waals surface area contributed by atoms with E-state index < -0.39 is 0 Å². The second-order valence-electron chi connectivity index (χ2n) is 6.06. The number of hydrogen-bond acceptors (Lipinski definition) is 5. The van der Waals surface area contributed by atoms with E-state index in [0.717, 1.165) is 24.5 Å². The van der Waals surface area contributed by atoms with Crippen molar-refractivity contribution in [2.75, 3.05) is 37.8 Å². The zero-order valence-corrected chi connectivity index (χ0v) is 12.6. The van der Waals surface area contributed by atoms with Crippen LogP contribution >= 0.6 is 0 Å². The van der Waals surface area contributed by atoms with Gasteiger partial charge in [-0.05, 0) is 25.9 Å². The summed E-state index contributed by atoms with van der Waals surface area (Å²) < 4.78 is 0. The van der Waals surface area contributed by atoms with Crippen LogP contribution in [0.1, 0.15) is 32.3 Å². The van der Waals surface area contributed by atoms with Gasteiger partial charge >= 0.3 is 0 Å². The van der Waals surface area contributed by atoms with Gasteiger partial charge in [0.1, 0.15) is 18.0 Å². The topological polar surface area (TPSA) is 58.3 Å². The predicted octanol–water partition coefficient (Wildman–Crippen LogP) is 1.57. The molecule has 0 aliphatic carbocycles. The second kappa shape index (κ2) is 5.33. The van der Waals surface area contributed by atoms with Crippen molar-refractivity contribution in [3.8, 4) is 0 Å². The van der Waals surface area contributed by atoms with E-state index in [1.54, 1.807) is 6.33 Å². The van der Waals surface area contributed by atoms with Crippen LogP contribution in [0.25, 0.3) is 0 Å². The van der Waals surface area contributed by atoms with Crippen LogP contribution in [0.4, 0.5) is 11.6 Å². The highest BCUT2D eigenvalue weighted by atomic mass is 15.3. The van der Waals surface area contributed by atoms with Gasteiger partial charge in [-0.15, -0.1) is 0 Å². The molecule has 2 N–H and O–H groups in total. The Hall–Kier alpha value is -1.36. The number of nitrogens with zero attached hydrogens (tertiary/aromatic N) is 4. The fraction of sp³-hybridized carbons (Fsp3) is 0.714. The van der Waals surface area contributed by atoms with E-state index in [2.05, 4.69) is 54.6 Å². The summed E-state index contributed by atoms with van der Waals surface area (Å²) in [5.74, 6) is 2.59. The lowest BCUT2D eigenvalue weighted by Gasteiger charge is -2.24. The van der Waals surface area contributed by atoms with Crippen LogP contribution in [0.15, 0.2) is 6.33 Å². The van der Waals surface area contributed by atoms with Gasteiger partial charge in [0.05, 0.1) is 0 Å². The fourth-order valence-corrected chi connectivity index (χ4v) is 3.00. The minimum absolute atomic E-state index is 0.338. The van der Waals surface area contributed by atoms with Gasteiger partial charge in [0.15, 0.2) is 0 Å². The molecule has 1 aliphatic rings. The average molecular weight is 263 g/mol. The molecule has 2 heterocycles. The molecule has 0 bridgehead atoms. The highest BCUT2D eigenvalue weighted by molar-refractivity contribution is 5.58. The number of hydrogen-bond donors (Lipinski definition) is 1. The van der Waals surface area contributed by atoms with Crippen LogP contribution in [0.2, 0.25) is 0 Å². The maximum absolute atomic E-state index is 6.03. The van der Waals surface area contributed by atoms with Gasteiger partial charge in [0.2, 0.25) is 0 Å². The van der Waals surface area contributed by atoms with Crippen LogP contribution in [0, 0.1) is 5.92 Å². The molecule has 0 spiro atoms. The van der Waals surface area contributed by atoms with Crippen LogP contribution in [0.5, 0.6) is 0 Å². The Kier molecular flexibility index (Phi) is 3.94. The molecule has 5 nitrogen and oxygen atoms in total. The Morgan fingerprint density at radius 2 is 2.00 bits per heavy atom. The third-order valence-electron chi connectivity index (χ3n) is 4.01. The van der Waals surface area contributed by atoms with E-state index in [9.17, 15) is 0 Å². The summed E-state index contributed by atoms with van der Waals surface area (Å²) in [6.07, 6.45) is 1.57. The Balaban J connectivity index is 2.31. The molecule has 106 valence electrons. The number of rotatable bonds is 3. The highest BCUT2D eigenvalue weighted by Crippen LogP contribution is 2.33. The maximum atomic E-state index is 6.03. The highest BCUT2D eigenvalue weighted by Gasteiger charge is 2.33. The lowest BCUT2D eigenvalue weighted by molar-refractivity contribution is 0.266. The molecule has 5 heteroatoms. The van der Waals surface area contributed by atoms with Gasteiger partial charge in [-0.25, -0.2) is 9.97 Å². The van der Waals surface area contributed by atoms with Gasteiger partial charge in [-0.1, -0.05) is 20.8 Å². The first-order chi connectivity index (χ1) is 8.91. The zero-order chi connectivity index (χ0) is 14.2. The molecule has 1 saturated heterocycles. The molecule has 1 fully saturated rings. The quantitative estimate of drug-likeness (QED) is 0.897. The molecular weight excluding hydrogens is 238 g/mol. The molecule has 0 radical (unpaired) electrons. The first-order valence-electron chi connectivity index (χ1n) is 6.93. The first kappa shape index (κ1) is 14.1. The molecule has 1 aliphatic heterocycles. The van der Waals surface area contributed by atoms with Gasteiger partial charge < -0.3 is 15.5 Å². The molecule has 1 aromatic heterocycles. The fourth-order valence-electron chi connectivity index (χ4n) is 3.00. The summed E-state index contributed by atoms with van der Waals surface area (Å²) in [5.41, 5.74) is 7.11. The summed E-state index contributed by atoms with van der Waals surface area (Å²) >= 11 is 0. The van der Waals surface area contributed by atoms with Crippen LogP contribution < -0.4 is 10.6 Å². The lowest BCUT2D eigenvalue weighted by atomic mass is 10.0. The minimum atomic E-state index is 0.338. The Morgan fingerprint density at radius 3 is 2.53 bits per heavy atom. The van der Waals surface area contributed by atoms with Gasteiger partial charge in [-0.3, -0.25) is 0 Å². The lowest BCUT2D eigenvalue weighted by Crippen LogP contribution is -2.34. The van der Waals surface area contributed by atoms with Gasteiger partial charge in [-0.2, -0.15) is 0 Å². The summed E-state index contributed by atoms with van der Waals surface area (Å²) in [4.78, 5) is 13.3. The molecule has 0 amide bonds. The zero-order valence-electron chi connectivity index (χ0n) is 12.6. The molecule has 2 atom stereocenters. The Bertz CT molecular complexity index is 443. The summed E-state index contributed by atoms with van der Waals surface area (Å²) in [7, 11) is 4.28. The predicted molar refractivity (Wildman–Crippen MR) is 79.4 cm³/mol. The van der Waals surface area contributed by atoms with Crippen molar-refractivity contribution >= 4 is 11.6 Å². The van der Waals surface area contributed by atoms with Crippen molar-refractivity contribution in [3.05, 3.63) is 11.9 Å². The maximum Gasteiger partial charge on any atom is 0.137 e. The summed E-state index contributed by atoms with van der Waals surface area (Å²) in [6, 6.07) is 0.566. The standard InChI is InChI=1S/C14H25N5/c1-9(2)12-13(15)16-8-17-14(12)19-6-10(3)11(7-19)18(4)5/h8-11H,6-7H2,1-5H3,(H2,15,16,17). The van der Waals surface area contributed by atoms with E-state index in [-0.39, 0.29) is 0 Å². The number of anilines is 2. The third-order valence-corrected chi connectivity index (χ3v) is 4.01. The summed E-state index contributed by atoms with van der Waals surface area (Å²) in [6.45, 7) is 8.61. The summed E-state index contributed by atoms with van der Waals surface area (Å²) in [5, 5.41) is 0. The van der Waals surface area contributed by atoms with E-state index in [4.69, 9.17) is 5.73 Å². The van der Waals surface area contributed by atoms with Crippen LogP contribution in [0.3, 0.4) is 0 Å². The molecule has 0 saturated carbocycles. The first-order valence-corrected chi connectivity index (χ1v) is 6.93. The monoisotopic (exact) mass is 263 g/mol. The van der Waals surface area contributed by atoms with Gasteiger partial charge in [0.25, 0.3) is 0 Å². The molecule has 19 heavy (non-hydrogen) atoms. The number of likely N-dealkylation sites (N-methyl/N-ethyl adjacent to an activating group) is 1. The molecule has 2 rings (SSSR count). The number of aromatic nitrogens is 2. The van der Waals surface area contributed by atoms with Crippen molar-refractivity contribution in [1.82, 2.24) is 14.9 Å². The number of nitrogens with two attached hydrogens (primary N) is 1. The average Bonchev–Trinajstić information content (AvgIpc) is 2.70. The largest absolute Gasteiger partial charge is 0.383 e. The van der Waals surface area contributed by atoms with Crippen LogP contribution in [-0.4, -0.2) is 48.1 Å². The molecule has 2 unspecified atom stereocenters. The van der Waals surface area contributed by atoms with Crippen molar-refractivity contribution in [2.24, 2.45) is 5.92 Å². The van der Waals surface area contributed by atoms with Crippen molar-refractivity contribution in [1.29, 1.82) is 0 Å². The normalized spacial score (nSPS) is 23.6. The molecular formula is C14H25N5. The Morgan fingerprint density at radius 1 is 1.32 bits per heavy atom. The van der Waals surface area contributed by atoms with Crippen molar-refractivity contribution in [3.63, 3.8) is 0 Å². The molecule has 1 aromatic rings. The number of nitrogen functional groups attached to an aromatic ring is 1. The van der Waals surface area contributed by atoms with Crippen molar-refractivity contribution < 1.29 is 0 Å². The van der Waals surface area contributed by atoms with E-state index >= 15 is 0 Å². The Labute approximate surface area is 115 Å². The third kappa shape index (κ3) is 2.66. The molecule has 0 aromatic carbocycles. The second-order valence-corrected chi connectivity index (χ2v) is 6.06. The van der Waals surface area contributed by atoms with E-state index in [1.165, 1.54) is 0 Å². The van der Waals surface area contributed by atoms with Crippen molar-refractivity contribution in [2.45, 2.75) is 32.7 Å². The van der Waals surface area contributed by atoms with E-state index in [0.29, 0.717) is 23.7 Å². The smallest absolute Gasteiger partial charge is 0.137 e. The minimum Gasteiger partial charge on any atom is -0.383 e. The van der Waals surface area contributed by atoms with Gasteiger partial charge in [0, 0.05) is 24.7 Å². The SMILES string of the molecule is CC(C)c1c(N)ncnc1N1CC(C)C(N(C)C)C1.